The Morgan fingerprint density at radius 1 is 1.46 bits per heavy atom. The third kappa shape index (κ3) is 3.05. The fraction of sp³-hybridized carbons (Fsp3) is 0. The van der Waals surface area contributed by atoms with E-state index in [4.69, 9.17) is 28.9 Å². The first-order valence-corrected chi connectivity index (χ1v) is 4.15. The maximum Gasteiger partial charge on any atom is 0.241 e. The molecule has 0 radical (unpaired) electrons. The van der Waals surface area contributed by atoms with E-state index in [0.29, 0.717) is 10.7 Å². The number of halogens is 2. The second-order valence-corrected chi connectivity index (χ2v) is 2.99. The Morgan fingerprint density at radius 3 is 2.69 bits per heavy atom. The molecule has 0 spiro atoms. The summed E-state index contributed by atoms with van der Waals surface area (Å²) in [7, 11) is 0. The van der Waals surface area contributed by atoms with E-state index in [9.17, 15) is 4.79 Å². The average Bonchev–Trinajstić information content (AvgIpc) is 2.02. The van der Waals surface area contributed by atoms with Gasteiger partial charge < -0.3 is 5.73 Å². The molecule has 0 fully saturated rings. The van der Waals surface area contributed by atoms with Crippen molar-refractivity contribution in [3.05, 3.63) is 34.1 Å². The SMILES string of the molecule is NC(=O)/C=C/c1ccc(Cl)nc1Cl. The van der Waals surface area contributed by atoms with E-state index in [-0.39, 0.29) is 5.15 Å². The molecule has 1 aromatic rings. The maximum absolute atomic E-state index is 10.4. The number of aromatic nitrogens is 1. The van der Waals surface area contributed by atoms with Gasteiger partial charge in [-0.1, -0.05) is 23.2 Å². The molecule has 2 N–H and O–H groups in total. The number of pyridine rings is 1. The molecule has 0 aliphatic carbocycles. The molecule has 1 heterocycles. The van der Waals surface area contributed by atoms with Crippen molar-refractivity contribution in [2.75, 3.05) is 0 Å². The summed E-state index contributed by atoms with van der Waals surface area (Å²) in [6, 6.07) is 3.23. The highest BCUT2D eigenvalue weighted by Crippen LogP contribution is 2.17. The van der Waals surface area contributed by atoms with Crippen LogP contribution in [0.3, 0.4) is 0 Å². The summed E-state index contributed by atoms with van der Waals surface area (Å²) in [4.78, 5) is 14.2. The number of carbonyl (C=O) groups excluding carboxylic acids is 1. The predicted octanol–water partition coefficient (Wildman–Crippen LogP) is 1.89. The van der Waals surface area contributed by atoms with Crippen LogP contribution >= 0.6 is 23.2 Å². The first-order chi connectivity index (χ1) is 6.09. The van der Waals surface area contributed by atoms with Gasteiger partial charge in [0.05, 0.1) is 0 Å². The lowest BCUT2D eigenvalue weighted by molar-refractivity contribution is -0.113. The lowest BCUT2D eigenvalue weighted by Crippen LogP contribution is -2.05. The Morgan fingerprint density at radius 2 is 2.15 bits per heavy atom. The smallest absolute Gasteiger partial charge is 0.241 e. The Balaban J connectivity index is 2.96. The number of nitrogens with two attached hydrogens (primary N) is 1. The van der Waals surface area contributed by atoms with Gasteiger partial charge in [-0.05, 0) is 18.2 Å². The summed E-state index contributed by atoms with van der Waals surface area (Å²) in [5.74, 6) is -0.536. The Bertz CT molecular complexity index is 363. The first kappa shape index (κ1) is 10.0. The summed E-state index contributed by atoms with van der Waals surface area (Å²) in [5.41, 5.74) is 5.51. The molecule has 5 heteroatoms. The molecule has 0 aliphatic heterocycles. The molecule has 1 amide bonds. The molecule has 0 bridgehead atoms. The van der Waals surface area contributed by atoms with E-state index >= 15 is 0 Å². The predicted molar refractivity (Wildman–Crippen MR) is 52.5 cm³/mol. The maximum atomic E-state index is 10.4. The van der Waals surface area contributed by atoms with Gasteiger partial charge in [0.2, 0.25) is 5.91 Å². The molecule has 1 rings (SSSR count). The standard InChI is InChI=1S/C8H6Cl2N2O/c9-6-3-1-5(8(10)12-6)2-4-7(11)13/h1-4H,(H2,11,13)/b4-2+. The van der Waals surface area contributed by atoms with Crippen LogP contribution in [0.2, 0.25) is 10.3 Å². The van der Waals surface area contributed by atoms with Crippen LogP contribution < -0.4 is 5.73 Å². The van der Waals surface area contributed by atoms with Crippen LogP contribution in [0, 0.1) is 0 Å². The van der Waals surface area contributed by atoms with Crippen LogP contribution in [0.25, 0.3) is 6.08 Å². The van der Waals surface area contributed by atoms with Gasteiger partial charge >= 0.3 is 0 Å². The van der Waals surface area contributed by atoms with Gasteiger partial charge in [0.25, 0.3) is 0 Å². The van der Waals surface area contributed by atoms with Gasteiger partial charge in [-0.25, -0.2) is 4.98 Å². The van der Waals surface area contributed by atoms with Gasteiger partial charge in [-0.15, -0.1) is 0 Å². The van der Waals surface area contributed by atoms with Gasteiger partial charge in [0.15, 0.2) is 0 Å². The minimum absolute atomic E-state index is 0.241. The molecule has 1 aromatic heterocycles. The van der Waals surface area contributed by atoms with Gasteiger partial charge in [-0.2, -0.15) is 0 Å². The van der Waals surface area contributed by atoms with E-state index in [1.807, 2.05) is 0 Å². The molecule has 13 heavy (non-hydrogen) atoms. The highest BCUT2D eigenvalue weighted by Gasteiger charge is 1.98. The zero-order valence-electron chi connectivity index (χ0n) is 6.50. The van der Waals surface area contributed by atoms with Crippen molar-refractivity contribution in [3.63, 3.8) is 0 Å². The van der Waals surface area contributed by atoms with Crippen LogP contribution in [-0.2, 0) is 4.79 Å². The normalized spacial score (nSPS) is 10.6. The minimum atomic E-state index is -0.536. The molecule has 0 atom stereocenters. The van der Waals surface area contributed by atoms with Crippen LogP contribution in [0.15, 0.2) is 18.2 Å². The fourth-order valence-electron chi connectivity index (χ4n) is 0.719. The van der Waals surface area contributed by atoms with E-state index in [2.05, 4.69) is 4.98 Å². The average molecular weight is 217 g/mol. The largest absolute Gasteiger partial charge is 0.366 e. The van der Waals surface area contributed by atoms with Gasteiger partial charge in [-0.3, -0.25) is 4.79 Å². The topological polar surface area (TPSA) is 56.0 Å². The van der Waals surface area contributed by atoms with Crippen LogP contribution in [0.4, 0.5) is 0 Å². The fourth-order valence-corrected chi connectivity index (χ4v) is 1.13. The highest BCUT2D eigenvalue weighted by atomic mass is 35.5. The minimum Gasteiger partial charge on any atom is -0.366 e. The van der Waals surface area contributed by atoms with Crippen molar-refractivity contribution >= 4 is 35.2 Å². The summed E-state index contributed by atoms with van der Waals surface area (Å²) in [6.07, 6.45) is 2.69. The number of hydrogen-bond donors (Lipinski definition) is 1. The van der Waals surface area contributed by atoms with Crippen LogP contribution in [0.1, 0.15) is 5.56 Å². The summed E-state index contributed by atoms with van der Waals surface area (Å²) in [5, 5.41) is 0.547. The zero-order valence-corrected chi connectivity index (χ0v) is 8.01. The third-order valence-corrected chi connectivity index (χ3v) is 1.78. The quantitative estimate of drug-likeness (QED) is 0.607. The Kier molecular flexibility index (Phi) is 3.28. The van der Waals surface area contributed by atoms with Crippen molar-refractivity contribution in [3.8, 4) is 0 Å². The lowest BCUT2D eigenvalue weighted by Gasteiger charge is -1.96. The first-order valence-electron chi connectivity index (χ1n) is 3.39. The van der Waals surface area contributed by atoms with E-state index in [1.165, 1.54) is 12.2 Å². The number of nitrogens with zero attached hydrogens (tertiary/aromatic N) is 1. The molecular weight excluding hydrogens is 211 g/mol. The highest BCUT2D eigenvalue weighted by molar-refractivity contribution is 6.33. The molecular formula is C8H6Cl2N2O. The molecule has 0 aliphatic rings. The summed E-state index contributed by atoms with van der Waals surface area (Å²) in [6.45, 7) is 0. The van der Waals surface area contributed by atoms with E-state index in [0.717, 1.165) is 0 Å². The second-order valence-electron chi connectivity index (χ2n) is 2.25. The van der Waals surface area contributed by atoms with Crippen LogP contribution in [0.5, 0.6) is 0 Å². The number of hydrogen-bond acceptors (Lipinski definition) is 2. The Hall–Kier alpha value is -1.06. The Labute approximate surface area is 85.2 Å². The summed E-state index contributed by atoms with van der Waals surface area (Å²) < 4.78 is 0. The van der Waals surface area contributed by atoms with Crippen molar-refractivity contribution < 1.29 is 4.79 Å². The van der Waals surface area contributed by atoms with Gasteiger partial charge in [0.1, 0.15) is 10.3 Å². The molecule has 3 nitrogen and oxygen atoms in total. The third-order valence-electron chi connectivity index (χ3n) is 1.27. The molecule has 0 saturated heterocycles. The lowest BCUT2D eigenvalue weighted by atomic mass is 10.2. The number of amides is 1. The summed E-state index contributed by atoms with van der Waals surface area (Å²) >= 11 is 11.3. The number of rotatable bonds is 2. The van der Waals surface area contributed by atoms with Crippen molar-refractivity contribution in [1.29, 1.82) is 0 Å². The van der Waals surface area contributed by atoms with Gasteiger partial charge in [0, 0.05) is 11.6 Å². The molecule has 0 unspecified atom stereocenters. The van der Waals surface area contributed by atoms with E-state index < -0.39 is 5.91 Å². The van der Waals surface area contributed by atoms with E-state index in [1.54, 1.807) is 12.1 Å². The number of carbonyl (C=O) groups is 1. The molecule has 0 aromatic carbocycles. The second kappa shape index (κ2) is 4.25. The van der Waals surface area contributed by atoms with Crippen molar-refractivity contribution in [2.45, 2.75) is 0 Å². The molecule has 0 saturated carbocycles. The monoisotopic (exact) mass is 216 g/mol. The van der Waals surface area contributed by atoms with Crippen molar-refractivity contribution in [2.24, 2.45) is 5.73 Å². The number of primary amides is 1. The molecule has 68 valence electrons. The van der Waals surface area contributed by atoms with Crippen molar-refractivity contribution in [1.82, 2.24) is 4.98 Å². The van der Waals surface area contributed by atoms with Crippen LogP contribution in [-0.4, -0.2) is 10.9 Å². The zero-order chi connectivity index (χ0) is 9.84.